The van der Waals surface area contributed by atoms with Gasteiger partial charge >= 0.3 is 0 Å². The van der Waals surface area contributed by atoms with Crippen molar-refractivity contribution in [2.45, 2.75) is 19.3 Å². The first kappa shape index (κ1) is 15.4. The van der Waals surface area contributed by atoms with Crippen LogP contribution in [0.25, 0.3) is 11.4 Å². The number of rotatable bonds is 4. The third-order valence-corrected chi connectivity index (χ3v) is 4.50. The maximum Gasteiger partial charge on any atom is 0.0745 e. The lowest BCUT2D eigenvalue weighted by Crippen LogP contribution is -2.21. The molecule has 25 heavy (non-hydrogen) atoms. The van der Waals surface area contributed by atoms with Gasteiger partial charge in [-0.2, -0.15) is 10.2 Å². The van der Waals surface area contributed by atoms with E-state index in [0.717, 1.165) is 22.8 Å². The fourth-order valence-corrected chi connectivity index (χ4v) is 2.89. The first-order valence-corrected chi connectivity index (χ1v) is 8.38. The highest BCUT2D eigenvalue weighted by atomic mass is 15.3. The average Bonchev–Trinajstić information content (AvgIpc) is 3.34. The number of aromatic nitrogens is 4. The van der Waals surface area contributed by atoms with Gasteiger partial charge in [-0.15, -0.1) is 0 Å². The molecule has 0 N–H and O–H groups in total. The lowest BCUT2D eigenvalue weighted by molar-refractivity contribution is 0.576. The van der Waals surface area contributed by atoms with Crippen molar-refractivity contribution in [2.75, 3.05) is 0 Å². The van der Waals surface area contributed by atoms with Crippen molar-refractivity contribution < 1.29 is 0 Å². The van der Waals surface area contributed by atoms with Crippen molar-refractivity contribution in [3.8, 4) is 11.4 Å². The number of hydrogen-bond acceptors (Lipinski definition) is 2. The van der Waals surface area contributed by atoms with Crippen LogP contribution < -0.4 is 0 Å². The summed E-state index contributed by atoms with van der Waals surface area (Å²) >= 11 is 0. The maximum absolute atomic E-state index is 4.78. The molecule has 0 amide bonds. The molecule has 0 aliphatic heterocycles. The van der Waals surface area contributed by atoms with Crippen LogP contribution in [0.1, 0.15) is 25.2 Å². The lowest BCUT2D eigenvalue weighted by Gasteiger charge is -2.19. The van der Waals surface area contributed by atoms with Crippen LogP contribution in [0.3, 0.4) is 0 Å². The summed E-state index contributed by atoms with van der Waals surface area (Å²) in [6.07, 6.45) is 4.00. The summed E-state index contributed by atoms with van der Waals surface area (Å²) in [5.74, 6) is 0. The standard InChI is InChI=1S/C21H20N4/c1-21(2,19-13-15-24(22-19)17-9-5-3-6-10-17)20-14-16-25(23-20)18-11-7-4-8-12-18/h3-16H,1-2H3. The van der Waals surface area contributed by atoms with E-state index < -0.39 is 0 Å². The van der Waals surface area contributed by atoms with Gasteiger partial charge in [0, 0.05) is 12.4 Å². The zero-order valence-corrected chi connectivity index (χ0v) is 14.4. The van der Waals surface area contributed by atoms with Crippen LogP contribution in [-0.4, -0.2) is 19.6 Å². The summed E-state index contributed by atoms with van der Waals surface area (Å²) in [6, 6.07) is 24.4. The third-order valence-electron chi connectivity index (χ3n) is 4.50. The van der Waals surface area contributed by atoms with E-state index in [2.05, 4.69) is 26.0 Å². The Morgan fingerprint density at radius 2 is 1.00 bits per heavy atom. The molecule has 0 unspecified atom stereocenters. The molecule has 2 aromatic carbocycles. The van der Waals surface area contributed by atoms with Gasteiger partial charge in [0.05, 0.1) is 28.2 Å². The number of nitrogens with zero attached hydrogens (tertiary/aromatic N) is 4. The van der Waals surface area contributed by atoms with Gasteiger partial charge in [-0.3, -0.25) is 0 Å². The zero-order chi connectivity index (χ0) is 17.3. The van der Waals surface area contributed by atoms with Crippen LogP contribution >= 0.6 is 0 Å². The molecule has 2 heterocycles. The molecule has 0 spiro atoms. The van der Waals surface area contributed by atoms with E-state index in [1.54, 1.807) is 0 Å². The van der Waals surface area contributed by atoms with Crippen molar-refractivity contribution >= 4 is 0 Å². The Balaban J connectivity index is 1.66. The Labute approximate surface area is 147 Å². The van der Waals surface area contributed by atoms with Gasteiger partial charge in [0.15, 0.2) is 0 Å². The summed E-state index contributed by atoms with van der Waals surface area (Å²) in [5.41, 5.74) is 3.82. The molecule has 2 aromatic heterocycles. The molecule has 4 rings (SSSR count). The zero-order valence-electron chi connectivity index (χ0n) is 14.4. The van der Waals surface area contributed by atoms with Gasteiger partial charge in [0.25, 0.3) is 0 Å². The first-order chi connectivity index (χ1) is 12.1. The van der Waals surface area contributed by atoms with Crippen LogP contribution in [0.2, 0.25) is 0 Å². The molecule has 0 atom stereocenters. The average molecular weight is 328 g/mol. The molecule has 4 aromatic rings. The minimum atomic E-state index is -0.278. The second kappa shape index (κ2) is 6.06. The Kier molecular flexibility index (Phi) is 3.73. The van der Waals surface area contributed by atoms with Crippen LogP contribution in [-0.2, 0) is 5.41 Å². The molecule has 0 aliphatic rings. The molecule has 0 radical (unpaired) electrons. The van der Waals surface area contributed by atoms with Crippen LogP contribution in [0, 0.1) is 0 Å². The van der Waals surface area contributed by atoms with E-state index in [1.165, 1.54) is 0 Å². The van der Waals surface area contributed by atoms with E-state index in [0.29, 0.717) is 0 Å². The van der Waals surface area contributed by atoms with E-state index in [9.17, 15) is 0 Å². The van der Waals surface area contributed by atoms with E-state index in [1.807, 2.05) is 82.4 Å². The number of para-hydroxylation sites is 2. The predicted molar refractivity (Wildman–Crippen MR) is 99.3 cm³/mol. The molecular formula is C21H20N4. The van der Waals surface area contributed by atoms with Gasteiger partial charge in [-0.05, 0) is 50.2 Å². The summed E-state index contributed by atoms with van der Waals surface area (Å²) in [4.78, 5) is 0. The molecule has 4 nitrogen and oxygen atoms in total. The van der Waals surface area contributed by atoms with Crippen molar-refractivity contribution in [1.82, 2.24) is 19.6 Å². The van der Waals surface area contributed by atoms with Gasteiger partial charge in [0.1, 0.15) is 0 Å². The summed E-state index contributed by atoms with van der Waals surface area (Å²) in [5, 5.41) is 9.56. The second-order valence-corrected chi connectivity index (χ2v) is 6.59. The normalized spacial score (nSPS) is 11.6. The molecule has 0 saturated carbocycles. The van der Waals surface area contributed by atoms with Crippen LogP contribution in [0.5, 0.6) is 0 Å². The van der Waals surface area contributed by atoms with Gasteiger partial charge in [-0.25, -0.2) is 9.36 Å². The number of hydrogen-bond donors (Lipinski definition) is 0. The lowest BCUT2D eigenvalue weighted by atomic mass is 9.86. The van der Waals surface area contributed by atoms with Gasteiger partial charge in [0.2, 0.25) is 0 Å². The fraction of sp³-hybridized carbons (Fsp3) is 0.143. The summed E-state index contributed by atoms with van der Waals surface area (Å²) in [7, 11) is 0. The van der Waals surface area contributed by atoms with Gasteiger partial charge in [-0.1, -0.05) is 36.4 Å². The van der Waals surface area contributed by atoms with Crippen molar-refractivity contribution in [2.24, 2.45) is 0 Å². The first-order valence-electron chi connectivity index (χ1n) is 8.38. The van der Waals surface area contributed by atoms with E-state index in [-0.39, 0.29) is 5.41 Å². The Bertz CT molecular complexity index is 886. The predicted octanol–water partition coefficient (Wildman–Crippen LogP) is 4.38. The van der Waals surface area contributed by atoms with Crippen LogP contribution in [0.15, 0.2) is 85.2 Å². The van der Waals surface area contributed by atoms with Crippen molar-refractivity contribution in [3.63, 3.8) is 0 Å². The molecule has 0 saturated heterocycles. The molecule has 124 valence electrons. The minimum Gasteiger partial charge on any atom is -0.241 e. The number of benzene rings is 2. The highest BCUT2D eigenvalue weighted by Gasteiger charge is 2.28. The second-order valence-electron chi connectivity index (χ2n) is 6.59. The summed E-state index contributed by atoms with van der Waals surface area (Å²) < 4.78 is 3.82. The largest absolute Gasteiger partial charge is 0.241 e. The quantitative estimate of drug-likeness (QED) is 0.557. The monoisotopic (exact) mass is 328 g/mol. The molecule has 0 fully saturated rings. The SMILES string of the molecule is CC(C)(c1ccn(-c2ccccc2)n1)c1ccn(-c2ccccc2)n1. The van der Waals surface area contributed by atoms with E-state index in [4.69, 9.17) is 10.2 Å². The maximum atomic E-state index is 4.78. The highest BCUT2D eigenvalue weighted by Crippen LogP contribution is 2.29. The topological polar surface area (TPSA) is 35.6 Å². The Morgan fingerprint density at radius 3 is 1.40 bits per heavy atom. The van der Waals surface area contributed by atoms with E-state index >= 15 is 0 Å². The Hall–Kier alpha value is -3.14. The smallest absolute Gasteiger partial charge is 0.0745 e. The van der Waals surface area contributed by atoms with Crippen molar-refractivity contribution in [3.05, 3.63) is 96.6 Å². The molecule has 0 bridgehead atoms. The molecule has 0 aliphatic carbocycles. The third kappa shape index (κ3) is 2.87. The molecule has 4 heteroatoms. The fourth-order valence-electron chi connectivity index (χ4n) is 2.89. The Morgan fingerprint density at radius 1 is 0.600 bits per heavy atom. The molecular weight excluding hydrogens is 308 g/mol. The summed E-state index contributed by atoms with van der Waals surface area (Å²) in [6.45, 7) is 4.31. The minimum absolute atomic E-state index is 0.278. The van der Waals surface area contributed by atoms with Gasteiger partial charge < -0.3 is 0 Å². The van der Waals surface area contributed by atoms with Crippen molar-refractivity contribution in [1.29, 1.82) is 0 Å². The van der Waals surface area contributed by atoms with Crippen LogP contribution in [0.4, 0.5) is 0 Å². The highest BCUT2D eigenvalue weighted by molar-refractivity contribution is 5.35.